The highest BCUT2D eigenvalue weighted by Crippen LogP contribution is 2.55. The number of hydrogen-bond donors (Lipinski definition) is 1. The van der Waals surface area contributed by atoms with Crippen LogP contribution in [-0.4, -0.2) is 43.2 Å². The Morgan fingerprint density at radius 3 is 2.58 bits per heavy atom. The van der Waals surface area contributed by atoms with Crippen LogP contribution in [0.4, 0.5) is 0 Å². The van der Waals surface area contributed by atoms with Crippen molar-refractivity contribution in [3.8, 4) is 0 Å². The molecule has 108 valence electrons. The lowest BCUT2D eigenvalue weighted by molar-refractivity contribution is -0.135. The molecular weight excluding hydrogens is 240 g/mol. The SMILES string of the molecule is NCCCOC1CCN(C(=O)[C@H]2C[C@@H]2C2CC2)CC1. The van der Waals surface area contributed by atoms with E-state index < -0.39 is 0 Å². The molecule has 0 aromatic rings. The number of nitrogens with zero attached hydrogens (tertiary/aromatic N) is 1. The third-order valence-corrected chi connectivity index (χ3v) is 4.84. The van der Waals surface area contributed by atoms with Gasteiger partial charge >= 0.3 is 0 Å². The number of nitrogens with two attached hydrogens (primary N) is 1. The second-order valence-electron chi connectivity index (χ2n) is 6.38. The first-order valence-corrected chi connectivity index (χ1v) is 7.90. The summed E-state index contributed by atoms with van der Waals surface area (Å²) in [6.45, 7) is 3.24. The van der Waals surface area contributed by atoms with E-state index in [1.807, 2.05) is 0 Å². The third-order valence-electron chi connectivity index (χ3n) is 4.84. The molecule has 2 N–H and O–H groups in total. The molecule has 1 aliphatic heterocycles. The van der Waals surface area contributed by atoms with Crippen LogP contribution in [-0.2, 0) is 9.53 Å². The summed E-state index contributed by atoms with van der Waals surface area (Å²) in [6, 6.07) is 0. The molecule has 2 atom stereocenters. The molecule has 3 fully saturated rings. The maximum Gasteiger partial charge on any atom is 0.225 e. The van der Waals surface area contributed by atoms with E-state index in [-0.39, 0.29) is 0 Å². The maximum absolute atomic E-state index is 12.3. The molecule has 4 nitrogen and oxygen atoms in total. The second kappa shape index (κ2) is 5.80. The summed E-state index contributed by atoms with van der Waals surface area (Å²) in [5.41, 5.74) is 5.46. The van der Waals surface area contributed by atoms with E-state index in [0.29, 0.717) is 24.5 Å². The Morgan fingerprint density at radius 1 is 1.21 bits per heavy atom. The fourth-order valence-electron chi connectivity index (χ4n) is 3.35. The molecule has 1 saturated heterocycles. The molecule has 2 aliphatic carbocycles. The van der Waals surface area contributed by atoms with Crippen LogP contribution in [0.3, 0.4) is 0 Å². The minimum atomic E-state index is 0.342. The molecule has 0 radical (unpaired) electrons. The Morgan fingerprint density at radius 2 is 1.95 bits per heavy atom. The Hall–Kier alpha value is -0.610. The van der Waals surface area contributed by atoms with Crippen LogP contribution >= 0.6 is 0 Å². The number of piperidine rings is 1. The topological polar surface area (TPSA) is 55.6 Å². The largest absolute Gasteiger partial charge is 0.378 e. The number of amides is 1. The number of hydrogen-bond acceptors (Lipinski definition) is 3. The van der Waals surface area contributed by atoms with Gasteiger partial charge in [-0.15, -0.1) is 0 Å². The van der Waals surface area contributed by atoms with Gasteiger partial charge in [-0.2, -0.15) is 0 Å². The molecule has 3 aliphatic rings. The van der Waals surface area contributed by atoms with Crippen molar-refractivity contribution in [1.82, 2.24) is 4.90 Å². The van der Waals surface area contributed by atoms with Crippen LogP contribution in [0.25, 0.3) is 0 Å². The predicted molar refractivity (Wildman–Crippen MR) is 73.5 cm³/mol. The van der Waals surface area contributed by atoms with E-state index in [1.54, 1.807) is 0 Å². The Kier molecular flexibility index (Phi) is 4.08. The number of carbonyl (C=O) groups is 1. The van der Waals surface area contributed by atoms with Crippen molar-refractivity contribution in [1.29, 1.82) is 0 Å². The smallest absolute Gasteiger partial charge is 0.225 e. The molecule has 0 bridgehead atoms. The van der Waals surface area contributed by atoms with Crippen LogP contribution < -0.4 is 5.73 Å². The van der Waals surface area contributed by atoms with Gasteiger partial charge in [0.2, 0.25) is 5.91 Å². The Bertz CT molecular complexity index is 322. The van der Waals surface area contributed by atoms with Crippen LogP contribution in [0.15, 0.2) is 0 Å². The number of ether oxygens (including phenoxy) is 1. The third kappa shape index (κ3) is 3.29. The monoisotopic (exact) mass is 266 g/mol. The first-order valence-electron chi connectivity index (χ1n) is 7.90. The van der Waals surface area contributed by atoms with Crippen molar-refractivity contribution in [3.05, 3.63) is 0 Å². The van der Waals surface area contributed by atoms with Gasteiger partial charge in [-0.3, -0.25) is 4.79 Å². The summed E-state index contributed by atoms with van der Waals surface area (Å²) in [4.78, 5) is 14.4. The molecule has 0 unspecified atom stereocenters. The van der Waals surface area contributed by atoms with Gasteiger partial charge < -0.3 is 15.4 Å². The van der Waals surface area contributed by atoms with E-state index >= 15 is 0 Å². The molecule has 4 heteroatoms. The molecule has 0 spiro atoms. The highest BCUT2D eigenvalue weighted by molar-refractivity contribution is 5.81. The van der Waals surface area contributed by atoms with Gasteiger partial charge in [0, 0.05) is 25.6 Å². The summed E-state index contributed by atoms with van der Waals surface area (Å²) >= 11 is 0. The Balaban J connectivity index is 1.36. The van der Waals surface area contributed by atoms with Crippen LogP contribution in [0.2, 0.25) is 0 Å². The highest BCUT2D eigenvalue weighted by Gasteiger charge is 2.52. The predicted octanol–water partition coefficient (Wildman–Crippen LogP) is 1.39. The lowest BCUT2D eigenvalue weighted by Crippen LogP contribution is -2.42. The number of likely N-dealkylation sites (tertiary alicyclic amines) is 1. The summed E-state index contributed by atoms with van der Waals surface area (Å²) in [6.07, 6.45) is 7.17. The van der Waals surface area contributed by atoms with Crippen molar-refractivity contribution in [2.45, 2.75) is 44.6 Å². The van der Waals surface area contributed by atoms with Crippen molar-refractivity contribution in [2.24, 2.45) is 23.5 Å². The minimum absolute atomic E-state index is 0.342. The molecule has 0 aromatic heterocycles. The normalized spacial score (nSPS) is 31.5. The summed E-state index contributed by atoms with van der Waals surface area (Å²) in [5.74, 6) is 2.44. The van der Waals surface area contributed by atoms with Gasteiger partial charge in [0.15, 0.2) is 0 Å². The van der Waals surface area contributed by atoms with Crippen molar-refractivity contribution in [2.75, 3.05) is 26.2 Å². The molecule has 0 aromatic carbocycles. The van der Waals surface area contributed by atoms with Gasteiger partial charge in [0.05, 0.1) is 6.10 Å². The summed E-state index contributed by atoms with van der Waals surface area (Å²) in [5, 5.41) is 0. The molecule has 1 amide bonds. The highest BCUT2D eigenvalue weighted by atomic mass is 16.5. The zero-order chi connectivity index (χ0) is 13.2. The van der Waals surface area contributed by atoms with Gasteiger partial charge in [0.25, 0.3) is 0 Å². The average molecular weight is 266 g/mol. The van der Waals surface area contributed by atoms with Gasteiger partial charge in [-0.25, -0.2) is 0 Å². The minimum Gasteiger partial charge on any atom is -0.378 e. The first kappa shape index (κ1) is 13.4. The van der Waals surface area contributed by atoms with Crippen molar-refractivity contribution in [3.63, 3.8) is 0 Å². The zero-order valence-electron chi connectivity index (χ0n) is 11.7. The first-order chi connectivity index (χ1) is 9.29. The summed E-state index contributed by atoms with van der Waals surface area (Å²) in [7, 11) is 0. The number of carbonyl (C=O) groups excluding carboxylic acids is 1. The fraction of sp³-hybridized carbons (Fsp3) is 0.933. The maximum atomic E-state index is 12.3. The van der Waals surface area contributed by atoms with Gasteiger partial charge in [-0.05, 0) is 56.9 Å². The molecule has 1 heterocycles. The van der Waals surface area contributed by atoms with E-state index in [9.17, 15) is 4.79 Å². The second-order valence-corrected chi connectivity index (χ2v) is 6.38. The lowest BCUT2D eigenvalue weighted by atomic mass is 10.1. The zero-order valence-corrected chi connectivity index (χ0v) is 11.7. The standard InChI is InChI=1S/C15H26N2O2/c16-6-1-9-19-12-4-7-17(8-5-12)15(18)14-10-13(14)11-2-3-11/h11-14H,1-10,16H2/t13-,14+/m1/s1. The van der Waals surface area contributed by atoms with E-state index in [1.165, 1.54) is 12.8 Å². The number of rotatable bonds is 6. The van der Waals surface area contributed by atoms with Crippen molar-refractivity contribution < 1.29 is 9.53 Å². The molecule has 3 rings (SSSR count). The average Bonchev–Trinajstić information content (AvgIpc) is 3.29. The van der Waals surface area contributed by atoms with E-state index in [4.69, 9.17) is 10.5 Å². The molecule has 19 heavy (non-hydrogen) atoms. The van der Waals surface area contributed by atoms with E-state index in [2.05, 4.69) is 4.90 Å². The quantitative estimate of drug-likeness (QED) is 0.739. The van der Waals surface area contributed by atoms with Crippen molar-refractivity contribution >= 4 is 5.91 Å². The van der Waals surface area contributed by atoms with Gasteiger partial charge in [0.1, 0.15) is 0 Å². The van der Waals surface area contributed by atoms with Crippen LogP contribution in [0, 0.1) is 17.8 Å². The van der Waals surface area contributed by atoms with E-state index in [0.717, 1.165) is 57.2 Å². The fourth-order valence-corrected chi connectivity index (χ4v) is 3.35. The van der Waals surface area contributed by atoms with Gasteiger partial charge in [-0.1, -0.05) is 0 Å². The Labute approximate surface area is 115 Å². The molecular formula is C15H26N2O2. The van der Waals surface area contributed by atoms with Crippen LogP contribution in [0.5, 0.6) is 0 Å². The molecule has 2 saturated carbocycles. The van der Waals surface area contributed by atoms with Crippen LogP contribution in [0.1, 0.15) is 38.5 Å². The lowest BCUT2D eigenvalue weighted by Gasteiger charge is -2.32. The summed E-state index contributed by atoms with van der Waals surface area (Å²) < 4.78 is 5.78.